The number of para-hydroxylation sites is 1. The lowest BCUT2D eigenvalue weighted by atomic mass is 10.1. The fourth-order valence-electron chi connectivity index (χ4n) is 1.63. The van der Waals surface area contributed by atoms with Crippen molar-refractivity contribution in [2.45, 2.75) is 6.92 Å². The molecule has 0 saturated heterocycles. The molecule has 86 valence electrons. The molecule has 1 N–H and O–H groups in total. The standard InChI is InChI=1S/C13H12N2O2/c1-3-10-6-4-5-7-11(10)15-8-9(2)12(16)14-13(15)17/h3-8H,1H2,2H3,(H,14,16,17). The molecule has 1 aromatic carbocycles. The first-order chi connectivity index (χ1) is 8.13. The first-order valence-corrected chi connectivity index (χ1v) is 5.18. The summed E-state index contributed by atoms with van der Waals surface area (Å²) < 4.78 is 1.41. The normalized spacial score (nSPS) is 10.2. The minimum Gasteiger partial charge on any atom is -0.273 e. The predicted molar refractivity (Wildman–Crippen MR) is 67.5 cm³/mol. The molecule has 2 rings (SSSR count). The van der Waals surface area contributed by atoms with E-state index in [-0.39, 0.29) is 5.56 Å². The second-order valence-electron chi connectivity index (χ2n) is 3.70. The van der Waals surface area contributed by atoms with Crippen LogP contribution in [0.15, 0.2) is 46.6 Å². The van der Waals surface area contributed by atoms with Crippen LogP contribution < -0.4 is 11.2 Å². The summed E-state index contributed by atoms with van der Waals surface area (Å²) >= 11 is 0. The first kappa shape index (κ1) is 11.1. The Balaban J connectivity index is 2.77. The zero-order valence-corrected chi connectivity index (χ0v) is 9.43. The highest BCUT2D eigenvalue weighted by Crippen LogP contribution is 2.13. The van der Waals surface area contributed by atoms with Crippen LogP contribution in [0.5, 0.6) is 0 Å². The van der Waals surface area contributed by atoms with E-state index in [1.807, 2.05) is 18.2 Å². The van der Waals surface area contributed by atoms with Gasteiger partial charge in [0, 0.05) is 11.8 Å². The summed E-state index contributed by atoms with van der Waals surface area (Å²) in [5.41, 5.74) is 1.22. The van der Waals surface area contributed by atoms with Crippen molar-refractivity contribution >= 4 is 6.08 Å². The number of nitrogens with one attached hydrogen (secondary N) is 1. The van der Waals surface area contributed by atoms with E-state index in [2.05, 4.69) is 11.6 Å². The lowest BCUT2D eigenvalue weighted by molar-refractivity contribution is 0.878. The molecule has 0 aliphatic carbocycles. The molecule has 0 radical (unpaired) electrons. The van der Waals surface area contributed by atoms with Gasteiger partial charge in [0.25, 0.3) is 5.56 Å². The van der Waals surface area contributed by atoms with Crippen molar-refractivity contribution in [3.05, 3.63) is 69.0 Å². The summed E-state index contributed by atoms with van der Waals surface area (Å²) in [6, 6.07) is 7.35. The Morgan fingerprint density at radius 3 is 2.71 bits per heavy atom. The Kier molecular flexibility index (Phi) is 2.78. The van der Waals surface area contributed by atoms with Crippen LogP contribution >= 0.6 is 0 Å². The van der Waals surface area contributed by atoms with Gasteiger partial charge in [-0.15, -0.1) is 0 Å². The molecule has 0 atom stereocenters. The zero-order valence-electron chi connectivity index (χ0n) is 9.43. The largest absolute Gasteiger partial charge is 0.332 e. The van der Waals surface area contributed by atoms with Crippen molar-refractivity contribution in [2.24, 2.45) is 0 Å². The quantitative estimate of drug-likeness (QED) is 0.846. The van der Waals surface area contributed by atoms with Gasteiger partial charge in [0.05, 0.1) is 5.69 Å². The van der Waals surface area contributed by atoms with Gasteiger partial charge in [-0.25, -0.2) is 4.79 Å². The molecule has 0 bridgehead atoms. The van der Waals surface area contributed by atoms with Crippen molar-refractivity contribution in [3.8, 4) is 5.69 Å². The Morgan fingerprint density at radius 1 is 1.29 bits per heavy atom. The number of nitrogens with zero attached hydrogens (tertiary/aromatic N) is 1. The average molecular weight is 228 g/mol. The molecular weight excluding hydrogens is 216 g/mol. The van der Waals surface area contributed by atoms with Crippen molar-refractivity contribution < 1.29 is 0 Å². The molecular formula is C13H12N2O2. The Hall–Kier alpha value is -2.36. The number of hydrogen-bond acceptors (Lipinski definition) is 2. The highest BCUT2D eigenvalue weighted by atomic mass is 16.2. The summed E-state index contributed by atoms with van der Waals surface area (Å²) in [7, 11) is 0. The maximum Gasteiger partial charge on any atom is 0.332 e. The summed E-state index contributed by atoms with van der Waals surface area (Å²) in [4.78, 5) is 25.3. The summed E-state index contributed by atoms with van der Waals surface area (Å²) in [5.74, 6) is 0. The molecule has 1 aromatic heterocycles. The van der Waals surface area contributed by atoms with Gasteiger partial charge in [-0.3, -0.25) is 14.3 Å². The summed E-state index contributed by atoms with van der Waals surface area (Å²) in [6.45, 7) is 5.36. The number of H-pyrrole nitrogens is 1. The van der Waals surface area contributed by atoms with Crippen LogP contribution in [0.4, 0.5) is 0 Å². The lowest BCUT2D eigenvalue weighted by Gasteiger charge is -2.08. The molecule has 0 amide bonds. The van der Waals surface area contributed by atoms with Gasteiger partial charge in [-0.05, 0) is 18.6 Å². The Bertz CT molecular complexity index is 680. The van der Waals surface area contributed by atoms with Crippen LogP contribution in [0.25, 0.3) is 11.8 Å². The third-order valence-electron chi connectivity index (χ3n) is 2.54. The zero-order chi connectivity index (χ0) is 12.4. The fraction of sp³-hybridized carbons (Fsp3) is 0.0769. The molecule has 0 fully saturated rings. The van der Waals surface area contributed by atoms with Crippen molar-refractivity contribution in [3.63, 3.8) is 0 Å². The molecule has 0 unspecified atom stereocenters. The molecule has 0 saturated carbocycles. The number of hydrogen-bond donors (Lipinski definition) is 1. The molecule has 17 heavy (non-hydrogen) atoms. The lowest BCUT2D eigenvalue weighted by Crippen LogP contribution is -2.30. The van der Waals surface area contributed by atoms with E-state index in [0.717, 1.165) is 5.56 Å². The van der Waals surface area contributed by atoms with Gasteiger partial charge >= 0.3 is 5.69 Å². The first-order valence-electron chi connectivity index (χ1n) is 5.18. The summed E-state index contributed by atoms with van der Waals surface area (Å²) in [6.07, 6.45) is 3.20. The van der Waals surface area contributed by atoms with Gasteiger partial charge in [0.1, 0.15) is 0 Å². The van der Waals surface area contributed by atoms with E-state index in [4.69, 9.17) is 0 Å². The number of aryl methyl sites for hydroxylation is 1. The second kappa shape index (κ2) is 4.25. The van der Waals surface area contributed by atoms with Crippen LogP contribution in [0, 0.1) is 6.92 Å². The monoisotopic (exact) mass is 228 g/mol. The van der Waals surface area contributed by atoms with Crippen molar-refractivity contribution in [1.82, 2.24) is 9.55 Å². The molecule has 4 nitrogen and oxygen atoms in total. The van der Waals surface area contributed by atoms with Crippen LogP contribution in [-0.2, 0) is 0 Å². The number of aromatic nitrogens is 2. The molecule has 0 spiro atoms. The second-order valence-corrected chi connectivity index (χ2v) is 3.70. The van der Waals surface area contributed by atoms with Crippen molar-refractivity contribution in [1.29, 1.82) is 0 Å². The topological polar surface area (TPSA) is 54.9 Å². The van der Waals surface area contributed by atoms with Crippen LogP contribution in [-0.4, -0.2) is 9.55 Å². The minimum absolute atomic E-state index is 0.359. The van der Waals surface area contributed by atoms with Gasteiger partial charge < -0.3 is 0 Å². The smallest absolute Gasteiger partial charge is 0.273 e. The van der Waals surface area contributed by atoms with Crippen LogP contribution in [0.1, 0.15) is 11.1 Å². The van der Waals surface area contributed by atoms with Crippen LogP contribution in [0.2, 0.25) is 0 Å². The van der Waals surface area contributed by atoms with E-state index in [1.165, 1.54) is 10.8 Å². The van der Waals surface area contributed by atoms with E-state index in [9.17, 15) is 9.59 Å². The molecule has 0 aliphatic heterocycles. The van der Waals surface area contributed by atoms with Crippen LogP contribution in [0.3, 0.4) is 0 Å². The average Bonchev–Trinajstić information content (AvgIpc) is 2.34. The highest BCUT2D eigenvalue weighted by molar-refractivity contribution is 5.59. The van der Waals surface area contributed by atoms with E-state index >= 15 is 0 Å². The SMILES string of the molecule is C=Cc1ccccc1-n1cc(C)c(=O)[nH]c1=O. The van der Waals surface area contributed by atoms with E-state index in [1.54, 1.807) is 19.1 Å². The number of benzene rings is 1. The molecule has 2 aromatic rings. The maximum atomic E-state index is 11.7. The maximum absolute atomic E-state index is 11.7. The van der Waals surface area contributed by atoms with Crippen molar-refractivity contribution in [2.75, 3.05) is 0 Å². The third-order valence-corrected chi connectivity index (χ3v) is 2.54. The van der Waals surface area contributed by atoms with Gasteiger partial charge in [-0.2, -0.15) is 0 Å². The van der Waals surface area contributed by atoms with Gasteiger partial charge in [-0.1, -0.05) is 30.9 Å². The highest BCUT2D eigenvalue weighted by Gasteiger charge is 2.05. The predicted octanol–water partition coefficient (Wildman–Crippen LogP) is 1.48. The number of aromatic amines is 1. The molecule has 0 aliphatic rings. The summed E-state index contributed by atoms with van der Waals surface area (Å²) in [5, 5.41) is 0. The van der Waals surface area contributed by atoms with Gasteiger partial charge in [0.2, 0.25) is 0 Å². The van der Waals surface area contributed by atoms with Gasteiger partial charge in [0.15, 0.2) is 0 Å². The minimum atomic E-state index is -0.449. The fourth-order valence-corrected chi connectivity index (χ4v) is 1.63. The van der Waals surface area contributed by atoms with E-state index in [0.29, 0.717) is 11.3 Å². The molecule has 1 heterocycles. The Morgan fingerprint density at radius 2 is 2.00 bits per heavy atom. The third kappa shape index (κ3) is 1.97. The van der Waals surface area contributed by atoms with E-state index < -0.39 is 5.69 Å². The number of rotatable bonds is 2. The Labute approximate surface area is 97.9 Å². The molecule has 4 heteroatoms.